The molecule has 0 radical (unpaired) electrons. The molecule has 1 heterocycles. The Morgan fingerprint density at radius 3 is 2.80 bits per heavy atom. The van der Waals surface area contributed by atoms with E-state index in [-0.39, 0.29) is 5.78 Å². The van der Waals surface area contributed by atoms with Gasteiger partial charge in [-0.15, -0.1) is 11.8 Å². The molecule has 106 valence electrons. The molecule has 0 bridgehead atoms. The molecule has 3 nitrogen and oxygen atoms in total. The second kappa shape index (κ2) is 6.75. The summed E-state index contributed by atoms with van der Waals surface area (Å²) in [4.78, 5) is 13.2. The Balaban J connectivity index is 1.92. The van der Waals surface area contributed by atoms with Crippen LogP contribution in [0.25, 0.3) is 0 Å². The molecule has 0 N–H and O–H groups in total. The zero-order chi connectivity index (χ0) is 14.5. The molecule has 0 aliphatic heterocycles. The van der Waals surface area contributed by atoms with E-state index in [9.17, 15) is 4.79 Å². The molecule has 2 rings (SSSR count). The van der Waals surface area contributed by atoms with Gasteiger partial charge in [-0.3, -0.25) is 9.48 Å². The fourth-order valence-electron chi connectivity index (χ4n) is 2.14. The predicted octanol–water partition coefficient (Wildman–Crippen LogP) is 3.42. The Morgan fingerprint density at radius 2 is 2.10 bits per heavy atom. The molecule has 20 heavy (non-hydrogen) atoms. The highest BCUT2D eigenvalue weighted by atomic mass is 32.2. The summed E-state index contributed by atoms with van der Waals surface area (Å²) in [7, 11) is 0. The standard InChI is InChI=1S/C16H20N2OS/c1-4-18-14(9-13(3)17-18)10-15(19)11-20-16-7-5-6-12(2)8-16/h5-9H,4,10-11H2,1-3H3. The Kier molecular flexibility index (Phi) is 5.01. The molecule has 0 aliphatic rings. The van der Waals surface area contributed by atoms with E-state index in [0.29, 0.717) is 12.2 Å². The van der Waals surface area contributed by atoms with E-state index in [1.165, 1.54) is 5.56 Å². The molecule has 0 unspecified atom stereocenters. The average Bonchev–Trinajstić information content (AvgIpc) is 2.76. The first-order valence-electron chi connectivity index (χ1n) is 6.83. The topological polar surface area (TPSA) is 34.9 Å². The summed E-state index contributed by atoms with van der Waals surface area (Å²) in [5.41, 5.74) is 3.21. The number of benzene rings is 1. The summed E-state index contributed by atoms with van der Waals surface area (Å²) in [6, 6.07) is 10.2. The van der Waals surface area contributed by atoms with Crippen molar-refractivity contribution in [2.24, 2.45) is 0 Å². The molecule has 0 spiro atoms. The molecule has 1 aromatic heterocycles. The van der Waals surface area contributed by atoms with E-state index in [1.807, 2.05) is 36.7 Å². The Morgan fingerprint density at radius 1 is 1.30 bits per heavy atom. The van der Waals surface area contributed by atoms with Crippen LogP contribution in [0.2, 0.25) is 0 Å². The number of aromatic nitrogens is 2. The lowest BCUT2D eigenvalue weighted by Crippen LogP contribution is -2.11. The second-order valence-electron chi connectivity index (χ2n) is 4.91. The van der Waals surface area contributed by atoms with E-state index in [1.54, 1.807) is 11.8 Å². The number of aryl methyl sites for hydroxylation is 3. The molecule has 0 aliphatic carbocycles. The van der Waals surface area contributed by atoms with Crippen LogP contribution in [0.3, 0.4) is 0 Å². The lowest BCUT2D eigenvalue weighted by atomic mass is 10.2. The quantitative estimate of drug-likeness (QED) is 0.764. The van der Waals surface area contributed by atoms with Gasteiger partial charge in [0.25, 0.3) is 0 Å². The average molecular weight is 288 g/mol. The number of ketones is 1. The second-order valence-corrected chi connectivity index (χ2v) is 5.96. The van der Waals surface area contributed by atoms with Crippen LogP contribution in [0.4, 0.5) is 0 Å². The van der Waals surface area contributed by atoms with Crippen molar-refractivity contribution in [1.82, 2.24) is 9.78 Å². The molecule has 0 amide bonds. The third-order valence-corrected chi connectivity index (χ3v) is 4.11. The van der Waals surface area contributed by atoms with Crippen LogP contribution in [0.1, 0.15) is 23.9 Å². The van der Waals surface area contributed by atoms with Gasteiger partial charge in [0.15, 0.2) is 0 Å². The van der Waals surface area contributed by atoms with E-state index in [2.05, 4.69) is 24.2 Å². The van der Waals surface area contributed by atoms with E-state index >= 15 is 0 Å². The van der Waals surface area contributed by atoms with Crippen molar-refractivity contribution in [2.45, 2.75) is 38.6 Å². The van der Waals surface area contributed by atoms with Crippen molar-refractivity contribution in [3.05, 3.63) is 47.3 Å². The third-order valence-electron chi connectivity index (χ3n) is 3.05. The number of hydrogen-bond donors (Lipinski definition) is 0. The maximum Gasteiger partial charge on any atom is 0.149 e. The fraction of sp³-hybridized carbons (Fsp3) is 0.375. The monoisotopic (exact) mass is 288 g/mol. The van der Waals surface area contributed by atoms with Crippen molar-refractivity contribution in [3.8, 4) is 0 Å². The number of nitrogens with zero attached hydrogens (tertiary/aromatic N) is 2. The van der Waals surface area contributed by atoms with Crippen LogP contribution in [-0.2, 0) is 17.8 Å². The van der Waals surface area contributed by atoms with Gasteiger partial charge in [0.1, 0.15) is 5.78 Å². The number of carbonyl (C=O) groups is 1. The van der Waals surface area contributed by atoms with Gasteiger partial charge in [-0.05, 0) is 39.0 Å². The van der Waals surface area contributed by atoms with Crippen LogP contribution in [0, 0.1) is 13.8 Å². The van der Waals surface area contributed by atoms with Crippen molar-refractivity contribution in [2.75, 3.05) is 5.75 Å². The van der Waals surface area contributed by atoms with E-state index in [4.69, 9.17) is 0 Å². The largest absolute Gasteiger partial charge is 0.298 e. The van der Waals surface area contributed by atoms with Gasteiger partial charge in [-0.2, -0.15) is 5.10 Å². The van der Waals surface area contributed by atoms with Crippen LogP contribution < -0.4 is 0 Å². The number of Topliss-reactive ketones (excluding diaryl/α,β-unsaturated/α-hetero) is 1. The van der Waals surface area contributed by atoms with Gasteiger partial charge in [0.05, 0.1) is 11.4 Å². The van der Waals surface area contributed by atoms with Gasteiger partial charge in [0.2, 0.25) is 0 Å². The van der Waals surface area contributed by atoms with Gasteiger partial charge in [-0.1, -0.05) is 17.7 Å². The molecule has 0 saturated carbocycles. The lowest BCUT2D eigenvalue weighted by Gasteiger charge is -2.05. The van der Waals surface area contributed by atoms with Gasteiger partial charge >= 0.3 is 0 Å². The molecule has 4 heteroatoms. The first kappa shape index (κ1) is 14.9. The van der Waals surface area contributed by atoms with Crippen molar-refractivity contribution < 1.29 is 4.79 Å². The Labute approximate surface area is 124 Å². The molecule has 0 fully saturated rings. The highest BCUT2D eigenvalue weighted by Crippen LogP contribution is 2.19. The van der Waals surface area contributed by atoms with Gasteiger partial charge in [0, 0.05) is 23.6 Å². The lowest BCUT2D eigenvalue weighted by molar-refractivity contribution is -0.116. The molecule has 0 saturated heterocycles. The molecule has 1 aromatic carbocycles. The van der Waals surface area contributed by atoms with Crippen LogP contribution in [0.5, 0.6) is 0 Å². The van der Waals surface area contributed by atoms with E-state index < -0.39 is 0 Å². The minimum Gasteiger partial charge on any atom is -0.298 e. The summed E-state index contributed by atoms with van der Waals surface area (Å²) >= 11 is 1.60. The Hall–Kier alpha value is -1.55. The molecular weight excluding hydrogens is 268 g/mol. The van der Waals surface area contributed by atoms with Crippen LogP contribution in [-0.4, -0.2) is 21.3 Å². The smallest absolute Gasteiger partial charge is 0.149 e. The molecule has 0 atom stereocenters. The number of rotatable bonds is 6. The summed E-state index contributed by atoms with van der Waals surface area (Å²) in [5, 5.41) is 4.37. The van der Waals surface area contributed by atoms with Crippen molar-refractivity contribution in [3.63, 3.8) is 0 Å². The predicted molar refractivity (Wildman–Crippen MR) is 83.3 cm³/mol. The summed E-state index contributed by atoms with van der Waals surface area (Å²) < 4.78 is 1.91. The summed E-state index contributed by atoms with van der Waals surface area (Å²) in [5.74, 6) is 0.753. The maximum absolute atomic E-state index is 12.1. The minimum absolute atomic E-state index is 0.242. The third kappa shape index (κ3) is 3.97. The number of thioether (sulfide) groups is 1. The van der Waals surface area contributed by atoms with Gasteiger partial charge in [-0.25, -0.2) is 0 Å². The zero-order valence-corrected chi connectivity index (χ0v) is 13.0. The number of carbonyl (C=O) groups excluding carboxylic acids is 1. The van der Waals surface area contributed by atoms with Crippen LogP contribution in [0.15, 0.2) is 35.2 Å². The maximum atomic E-state index is 12.1. The fourth-order valence-corrected chi connectivity index (χ4v) is 3.01. The normalized spacial score (nSPS) is 10.8. The van der Waals surface area contributed by atoms with Crippen molar-refractivity contribution in [1.29, 1.82) is 0 Å². The minimum atomic E-state index is 0.242. The summed E-state index contributed by atoms with van der Waals surface area (Å²) in [6.07, 6.45) is 0.466. The first-order chi connectivity index (χ1) is 9.58. The Bertz CT molecular complexity index is 604. The van der Waals surface area contributed by atoms with Gasteiger partial charge < -0.3 is 0 Å². The molecule has 2 aromatic rings. The van der Waals surface area contributed by atoms with E-state index in [0.717, 1.165) is 22.8 Å². The van der Waals surface area contributed by atoms with Crippen LogP contribution >= 0.6 is 11.8 Å². The molecular formula is C16H20N2OS. The highest BCUT2D eigenvalue weighted by Gasteiger charge is 2.10. The zero-order valence-electron chi connectivity index (χ0n) is 12.2. The highest BCUT2D eigenvalue weighted by molar-refractivity contribution is 8.00. The summed E-state index contributed by atoms with van der Waals surface area (Å²) in [6.45, 7) is 6.87. The number of hydrogen-bond acceptors (Lipinski definition) is 3. The first-order valence-corrected chi connectivity index (χ1v) is 7.81. The van der Waals surface area contributed by atoms with Crippen molar-refractivity contribution >= 4 is 17.5 Å². The SMILES string of the molecule is CCn1nc(C)cc1CC(=O)CSc1cccc(C)c1.